The zero-order chi connectivity index (χ0) is 16.6. The highest BCUT2D eigenvalue weighted by atomic mass is 19.1. The Bertz CT molecular complexity index is 913. The Labute approximate surface area is 132 Å². The molecule has 0 saturated carbocycles. The Hall–Kier alpha value is -2.83. The first-order valence-corrected chi connectivity index (χ1v) is 7.23. The van der Waals surface area contributed by atoms with Gasteiger partial charge in [-0.05, 0) is 24.3 Å². The number of hydrogen-bond acceptors (Lipinski definition) is 4. The van der Waals surface area contributed by atoms with Gasteiger partial charge in [-0.15, -0.1) is 0 Å². The van der Waals surface area contributed by atoms with Gasteiger partial charge >= 0.3 is 0 Å². The van der Waals surface area contributed by atoms with Gasteiger partial charge in [0.1, 0.15) is 11.5 Å². The zero-order valence-corrected chi connectivity index (χ0v) is 13.1. The van der Waals surface area contributed by atoms with E-state index in [1.54, 1.807) is 29.9 Å². The van der Waals surface area contributed by atoms with E-state index in [9.17, 15) is 9.18 Å². The second-order valence-corrected chi connectivity index (χ2v) is 5.52. The van der Waals surface area contributed by atoms with Crippen LogP contribution in [0.25, 0.3) is 17.2 Å². The summed E-state index contributed by atoms with van der Waals surface area (Å²) in [5.41, 5.74) is 0.834. The second kappa shape index (κ2) is 5.75. The molecule has 0 unspecified atom stereocenters. The number of hydrogen-bond donors (Lipinski definition) is 0. The molecule has 0 aliphatic heterocycles. The minimum atomic E-state index is -0.358. The fourth-order valence-electron chi connectivity index (χ4n) is 2.15. The van der Waals surface area contributed by atoms with Crippen LogP contribution >= 0.6 is 0 Å². The molecule has 2 heterocycles. The summed E-state index contributed by atoms with van der Waals surface area (Å²) in [5, 5.41) is 8.67. The van der Waals surface area contributed by atoms with Crippen LogP contribution in [-0.4, -0.2) is 24.5 Å². The second-order valence-electron chi connectivity index (χ2n) is 5.52. The predicted molar refractivity (Wildman–Crippen MR) is 83.9 cm³/mol. The van der Waals surface area contributed by atoms with Crippen LogP contribution in [0.5, 0.6) is 0 Å². The van der Waals surface area contributed by atoms with Crippen molar-refractivity contribution in [1.29, 1.82) is 0 Å². The van der Waals surface area contributed by atoms with Crippen LogP contribution in [0.3, 0.4) is 0 Å². The molecule has 0 saturated heterocycles. The molecule has 0 radical (unpaired) electrons. The number of aryl methyl sites for hydroxylation is 1. The minimum Gasteiger partial charge on any atom is -0.268 e. The summed E-state index contributed by atoms with van der Waals surface area (Å²) in [6, 6.07) is 9.11. The third-order valence-electron chi connectivity index (χ3n) is 3.38. The first-order chi connectivity index (χ1) is 11.0. The van der Waals surface area contributed by atoms with E-state index in [-0.39, 0.29) is 17.3 Å². The molecule has 0 aliphatic rings. The van der Waals surface area contributed by atoms with Gasteiger partial charge in [0.2, 0.25) is 0 Å². The van der Waals surface area contributed by atoms with E-state index in [0.717, 1.165) is 0 Å². The molecule has 7 heteroatoms. The molecular formula is C16H16FN5O. The van der Waals surface area contributed by atoms with E-state index < -0.39 is 0 Å². The van der Waals surface area contributed by atoms with Gasteiger partial charge in [0, 0.05) is 19.0 Å². The lowest BCUT2D eigenvalue weighted by Gasteiger charge is -2.06. The van der Waals surface area contributed by atoms with Gasteiger partial charge in [0.25, 0.3) is 5.56 Å². The Morgan fingerprint density at radius 2 is 1.91 bits per heavy atom. The highest BCUT2D eigenvalue weighted by molar-refractivity contribution is 5.52. The van der Waals surface area contributed by atoms with Crippen LogP contribution in [0.15, 0.2) is 41.2 Å². The molecule has 0 spiro atoms. The molecule has 0 bridgehead atoms. The highest BCUT2D eigenvalue weighted by Gasteiger charge is 2.17. The van der Waals surface area contributed by atoms with E-state index in [1.165, 1.54) is 22.9 Å². The van der Waals surface area contributed by atoms with Gasteiger partial charge in [-0.1, -0.05) is 19.9 Å². The summed E-state index contributed by atoms with van der Waals surface area (Å²) in [6.45, 7) is 3.95. The van der Waals surface area contributed by atoms with Crippen LogP contribution in [0.2, 0.25) is 0 Å². The van der Waals surface area contributed by atoms with Gasteiger partial charge in [-0.25, -0.2) is 18.7 Å². The number of rotatable bonds is 3. The van der Waals surface area contributed by atoms with Gasteiger partial charge in [0.05, 0.1) is 5.69 Å². The van der Waals surface area contributed by atoms with Crippen LogP contribution in [0, 0.1) is 5.82 Å². The molecule has 0 fully saturated rings. The van der Waals surface area contributed by atoms with Crippen LogP contribution in [0.4, 0.5) is 4.39 Å². The van der Waals surface area contributed by atoms with Crippen molar-refractivity contribution in [1.82, 2.24) is 24.5 Å². The fraction of sp³-hybridized carbons (Fsp3) is 0.250. The zero-order valence-electron chi connectivity index (χ0n) is 13.1. The molecule has 3 rings (SSSR count). The minimum absolute atomic E-state index is 0.107. The molecule has 1 aromatic carbocycles. The number of benzene rings is 1. The Morgan fingerprint density at radius 1 is 1.13 bits per heavy atom. The molecule has 0 aliphatic carbocycles. The monoisotopic (exact) mass is 313 g/mol. The SMILES string of the molecule is CC(C)c1nc(-c2ccc(=O)n(C)n2)n(-c2cccc(F)c2)n1. The van der Waals surface area contributed by atoms with E-state index in [2.05, 4.69) is 15.2 Å². The third-order valence-corrected chi connectivity index (χ3v) is 3.38. The molecule has 6 nitrogen and oxygen atoms in total. The van der Waals surface area contributed by atoms with E-state index in [1.807, 2.05) is 13.8 Å². The topological polar surface area (TPSA) is 65.6 Å². The molecule has 0 atom stereocenters. The lowest BCUT2D eigenvalue weighted by atomic mass is 10.2. The van der Waals surface area contributed by atoms with Crippen molar-refractivity contribution in [2.45, 2.75) is 19.8 Å². The van der Waals surface area contributed by atoms with E-state index in [4.69, 9.17) is 0 Å². The summed E-state index contributed by atoms with van der Waals surface area (Å²) < 4.78 is 16.3. The predicted octanol–water partition coefficient (Wildman–Crippen LogP) is 2.29. The lowest BCUT2D eigenvalue weighted by Crippen LogP contribution is -2.18. The summed E-state index contributed by atoms with van der Waals surface area (Å²) in [6.07, 6.45) is 0. The maximum absolute atomic E-state index is 13.5. The maximum Gasteiger partial charge on any atom is 0.266 e. The van der Waals surface area contributed by atoms with Crippen molar-refractivity contribution in [2.75, 3.05) is 0 Å². The molecule has 23 heavy (non-hydrogen) atoms. The highest BCUT2D eigenvalue weighted by Crippen LogP contribution is 2.22. The van der Waals surface area contributed by atoms with Crippen molar-refractivity contribution in [3.8, 4) is 17.2 Å². The fourth-order valence-corrected chi connectivity index (χ4v) is 2.15. The summed E-state index contributed by atoms with van der Waals surface area (Å²) >= 11 is 0. The van der Waals surface area contributed by atoms with Gasteiger partial charge in [-0.3, -0.25) is 4.79 Å². The van der Waals surface area contributed by atoms with Gasteiger partial charge < -0.3 is 0 Å². The first kappa shape index (κ1) is 15.1. The molecule has 2 aromatic heterocycles. The average Bonchev–Trinajstić information content (AvgIpc) is 2.95. The van der Waals surface area contributed by atoms with Crippen molar-refractivity contribution < 1.29 is 4.39 Å². The summed E-state index contributed by atoms with van der Waals surface area (Å²) in [4.78, 5) is 16.0. The van der Waals surface area contributed by atoms with Gasteiger partial charge in [0.15, 0.2) is 11.6 Å². The van der Waals surface area contributed by atoms with Crippen molar-refractivity contribution in [3.05, 3.63) is 58.4 Å². The Morgan fingerprint density at radius 3 is 2.57 bits per heavy atom. The Kier molecular flexibility index (Phi) is 3.77. The van der Waals surface area contributed by atoms with Crippen LogP contribution in [0.1, 0.15) is 25.6 Å². The largest absolute Gasteiger partial charge is 0.268 e. The van der Waals surface area contributed by atoms with E-state index >= 15 is 0 Å². The first-order valence-electron chi connectivity index (χ1n) is 7.23. The van der Waals surface area contributed by atoms with Gasteiger partial charge in [-0.2, -0.15) is 10.2 Å². The lowest BCUT2D eigenvalue weighted by molar-refractivity contribution is 0.625. The van der Waals surface area contributed by atoms with Crippen LogP contribution < -0.4 is 5.56 Å². The molecule has 3 aromatic rings. The number of aromatic nitrogens is 5. The molecule has 118 valence electrons. The number of nitrogens with zero attached hydrogens (tertiary/aromatic N) is 5. The maximum atomic E-state index is 13.5. The third kappa shape index (κ3) is 2.90. The summed E-state index contributed by atoms with van der Waals surface area (Å²) in [5.74, 6) is 0.842. The molecule has 0 amide bonds. The van der Waals surface area contributed by atoms with Crippen molar-refractivity contribution >= 4 is 0 Å². The smallest absolute Gasteiger partial charge is 0.266 e. The van der Waals surface area contributed by atoms with E-state index in [0.29, 0.717) is 23.0 Å². The van der Waals surface area contributed by atoms with Crippen molar-refractivity contribution in [3.63, 3.8) is 0 Å². The molecular weight excluding hydrogens is 297 g/mol. The quantitative estimate of drug-likeness (QED) is 0.744. The average molecular weight is 313 g/mol. The van der Waals surface area contributed by atoms with Crippen molar-refractivity contribution in [2.24, 2.45) is 7.05 Å². The Balaban J connectivity index is 2.22. The number of halogens is 1. The standard InChI is InChI=1S/C16H16FN5O/c1-10(2)15-18-16(13-7-8-14(23)21(3)19-13)22(20-15)12-6-4-5-11(17)9-12/h4-10H,1-3H3. The normalized spacial score (nSPS) is 11.2. The molecule has 0 N–H and O–H groups in total. The summed E-state index contributed by atoms with van der Waals surface area (Å²) in [7, 11) is 1.57. The van der Waals surface area contributed by atoms with Crippen LogP contribution in [-0.2, 0) is 7.05 Å².